The fourth-order valence-corrected chi connectivity index (χ4v) is 9.03. The normalized spacial score (nSPS) is 32.0. The maximum Gasteiger partial charge on any atom is 0.355 e. The molecule has 2 aromatic heterocycles. The monoisotopic (exact) mass is 508 g/mol. The number of hydrogen-bond donors (Lipinski definition) is 3. The Kier molecular flexibility index (Phi) is 6.27. The quantitative estimate of drug-likeness (QED) is 0.472. The molecule has 2 heterocycles. The van der Waals surface area contributed by atoms with Gasteiger partial charge < -0.3 is 25.5 Å². The lowest BCUT2D eigenvalue weighted by atomic mass is 9.39. The summed E-state index contributed by atoms with van der Waals surface area (Å²) in [5.74, 6) is -1.30. The van der Waals surface area contributed by atoms with Crippen molar-refractivity contribution >= 4 is 11.9 Å². The minimum absolute atomic E-state index is 0.0220. The van der Waals surface area contributed by atoms with Gasteiger partial charge in [-0.1, -0.05) is 19.9 Å². The van der Waals surface area contributed by atoms with E-state index in [9.17, 15) is 14.7 Å². The van der Waals surface area contributed by atoms with Gasteiger partial charge in [-0.2, -0.15) is 0 Å². The Bertz CT molecular complexity index is 1220. The van der Waals surface area contributed by atoms with Crippen molar-refractivity contribution in [1.82, 2.24) is 14.9 Å². The Morgan fingerprint density at radius 2 is 1.78 bits per heavy atom. The summed E-state index contributed by atoms with van der Waals surface area (Å²) in [5, 5.41) is 12.5. The van der Waals surface area contributed by atoms with Gasteiger partial charge in [0, 0.05) is 43.2 Å². The van der Waals surface area contributed by atoms with Crippen LogP contribution in [0.5, 0.6) is 0 Å². The number of aromatic carboxylic acids is 1. The van der Waals surface area contributed by atoms with Gasteiger partial charge in [0.15, 0.2) is 5.69 Å². The number of likely N-dealkylation sites (N-methyl/N-ethyl adjacent to an activating group) is 1. The second-order valence-corrected chi connectivity index (χ2v) is 12.8. The van der Waals surface area contributed by atoms with Gasteiger partial charge in [0.2, 0.25) is 5.91 Å². The van der Waals surface area contributed by atoms with Crippen LogP contribution in [0.25, 0.3) is 11.1 Å². The average molecular weight is 509 g/mol. The lowest BCUT2D eigenvalue weighted by Gasteiger charge is -2.69. The number of nitrogens with zero attached hydrogens (tertiary/aromatic N) is 2. The summed E-state index contributed by atoms with van der Waals surface area (Å²) in [6.07, 6.45) is 9.04. The molecular formula is C29H40N4O4. The molecule has 0 aromatic carbocycles. The molecule has 0 aliphatic heterocycles. The Morgan fingerprint density at radius 3 is 2.41 bits per heavy atom. The highest BCUT2D eigenvalue weighted by molar-refractivity contribution is 5.94. The molecule has 0 radical (unpaired) electrons. The van der Waals surface area contributed by atoms with Gasteiger partial charge in [-0.3, -0.25) is 4.79 Å². The Balaban J connectivity index is 1.46. The molecule has 6 rings (SSSR count). The maximum atomic E-state index is 12.1. The first-order valence-electron chi connectivity index (χ1n) is 13.4. The van der Waals surface area contributed by atoms with Crippen molar-refractivity contribution in [3.63, 3.8) is 0 Å². The van der Waals surface area contributed by atoms with Crippen LogP contribution >= 0.6 is 0 Å². The lowest BCUT2D eigenvalue weighted by molar-refractivity contribution is -0.246. The van der Waals surface area contributed by atoms with Crippen LogP contribution in [0.4, 0.5) is 0 Å². The van der Waals surface area contributed by atoms with Gasteiger partial charge in [-0.25, -0.2) is 9.78 Å². The van der Waals surface area contributed by atoms with E-state index in [0.717, 1.165) is 37.1 Å². The number of carbonyl (C=O) groups excluding carboxylic acids is 1. The molecule has 4 aliphatic carbocycles. The molecule has 2 atom stereocenters. The summed E-state index contributed by atoms with van der Waals surface area (Å²) >= 11 is 0. The highest BCUT2D eigenvalue weighted by atomic mass is 16.5. The molecule has 2 unspecified atom stereocenters. The number of amides is 1. The Labute approximate surface area is 219 Å². The van der Waals surface area contributed by atoms with Crippen LogP contribution in [0.2, 0.25) is 0 Å². The molecule has 2 aromatic rings. The van der Waals surface area contributed by atoms with E-state index in [0.29, 0.717) is 24.4 Å². The summed E-state index contributed by atoms with van der Waals surface area (Å²) in [4.78, 5) is 28.2. The number of carboxylic acid groups (broad SMARTS) is 1. The van der Waals surface area contributed by atoms with Crippen LogP contribution in [-0.2, 0) is 22.5 Å². The van der Waals surface area contributed by atoms with Crippen LogP contribution in [0.1, 0.15) is 74.2 Å². The Morgan fingerprint density at radius 1 is 1.08 bits per heavy atom. The molecule has 4 fully saturated rings. The predicted octanol–water partition coefficient (Wildman–Crippen LogP) is 3.94. The fourth-order valence-electron chi connectivity index (χ4n) is 9.03. The number of nitrogens with two attached hydrogens (primary N) is 1. The molecule has 200 valence electrons. The van der Waals surface area contributed by atoms with E-state index in [1.165, 1.54) is 19.3 Å². The summed E-state index contributed by atoms with van der Waals surface area (Å²) < 4.78 is 8.84. The molecule has 4 aliphatic rings. The van der Waals surface area contributed by atoms with Gasteiger partial charge in [-0.15, -0.1) is 0 Å². The van der Waals surface area contributed by atoms with Crippen molar-refractivity contribution < 1.29 is 19.4 Å². The highest BCUT2D eigenvalue weighted by Crippen LogP contribution is 2.72. The van der Waals surface area contributed by atoms with E-state index in [-0.39, 0.29) is 39.9 Å². The smallest absolute Gasteiger partial charge is 0.355 e. The predicted molar refractivity (Wildman–Crippen MR) is 141 cm³/mol. The zero-order valence-electron chi connectivity index (χ0n) is 22.5. The number of ether oxygens (including phenoxy) is 1. The fraction of sp³-hybridized carbons (Fsp3) is 0.621. The summed E-state index contributed by atoms with van der Waals surface area (Å²) in [6.45, 7) is 8.99. The van der Waals surface area contributed by atoms with E-state index in [4.69, 9.17) is 10.5 Å². The number of carboxylic acids is 1. The molecule has 1 amide bonds. The molecule has 8 heteroatoms. The molecular weight excluding hydrogens is 468 g/mol. The number of rotatable bonds is 9. The highest BCUT2D eigenvalue weighted by Gasteiger charge is 2.66. The first-order chi connectivity index (χ1) is 17.4. The molecule has 0 spiro atoms. The van der Waals surface area contributed by atoms with E-state index in [1.807, 2.05) is 6.07 Å². The van der Waals surface area contributed by atoms with E-state index < -0.39 is 5.97 Å². The van der Waals surface area contributed by atoms with Gasteiger partial charge in [0.1, 0.15) is 0 Å². The van der Waals surface area contributed by atoms with Crippen LogP contribution in [0, 0.1) is 23.2 Å². The van der Waals surface area contributed by atoms with Gasteiger partial charge >= 0.3 is 5.97 Å². The minimum atomic E-state index is -1.10. The number of nitrogens with one attached hydrogen (secondary N) is 1. The zero-order chi connectivity index (χ0) is 26.6. The molecule has 0 saturated heterocycles. The SMILES string of the molecule is CNC(=O)Cc1ccc(-c2ccn(CC34CC5(C)CC(C)(C3)CC(OCCN)(C5)C4)c2C)c(C(=O)O)n1. The third-order valence-corrected chi connectivity index (χ3v) is 8.99. The second-order valence-electron chi connectivity index (χ2n) is 12.8. The van der Waals surface area contributed by atoms with E-state index >= 15 is 0 Å². The van der Waals surface area contributed by atoms with Crippen LogP contribution in [0.3, 0.4) is 0 Å². The van der Waals surface area contributed by atoms with Crippen LogP contribution < -0.4 is 11.1 Å². The average Bonchev–Trinajstić information content (AvgIpc) is 3.14. The number of pyridine rings is 1. The number of hydrogen-bond acceptors (Lipinski definition) is 5. The molecule has 8 nitrogen and oxygen atoms in total. The van der Waals surface area contributed by atoms with Gasteiger partial charge in [0.05, 0.1) is 24.3 Å². The number of aromatic nitrogens is 2. The van der Waals surface area contributed by atoms with Crippen molar-refractivity contribution in [1.29, 1.82) is 0 Å². The van der Waals surface area contributed by atoms with E-state index in [1.54, 1.807) is 19.2 Å². The van der Waals surface area contributed by atoms with Crippen molar-refractivity contribution in [2.24, 2.45) is 22.0 Å². The topological polar surface area (TPSA) is 119 Å². The maximum absolute atomic E-state index is 12.1. The minimum Gasteiger partial charge on any atom is -0.476 e. The zero-order valence-corrected chi connectivity index (χ0v) is 22.5. The summed E-state index contributed by atoms with van der Waals surface area (Å²) in [7, 11) is 1.55. The summed E-state index contributed by atoms with van der Waals surface area (Å²) in [5.41, 5.74) is 9.31. The third kappa shape index (κ3) is 4.70. The van der Waals surface area contributed by atoms with Crippen molar-refractivity contribution in [3.05, 3.63) is 41.5 Å². The van der Waals surface area contributed by atoms with E-state index in [2.05, 4.69) is 41.8 Å². The summed E-state index contributed by atoms with van der Waals surface area (Å²) in [6, 6.07) is 5.53. The molecule has 4 saturated carbocycles. The largest absolute Gasteiger partial charge is 0.476 e. The van der Waals surface area contributed by atoms with Crippen molar-refractivity contribution in [3.8, 4) is 11.1 Å². The first kappa shape index (κ1) is 25.9. The van der Waals surface area contributed by atoms with Crippen LogP contribution in [-0.4, -0.2) is 52.3 Å². The number of carbonyl (C=O) groups is 2. The van der Waals surface area contributed by atoms with Crippen molar-refractivity contribution in [2.45, 2.75) is 77.9 Å². The third-order valence-electron chi connectivity index (χ3n) is 8.99. The molecule has 37 heavy (non-hydrogen) atoms. The lowest BCUT2D eigenvalue weighted by Crippen LogP contribution is -2.64. The second kappa shape index (κ2) is 8.95. The van der Waals surface area contributed by atoms with Gasteiger partial charge in [-0.05, 0) is 73.8 Å². The first-order valence-corrected chi connectivity index (χ1v) is 13.4. The molecule has 4 bridgehead atoms. The van der Waals surface area contributed by atoms with Gasteiger partial charge in [0.25, 0.3) is 0 Å². The van der Waals surface area contributed by atoms with Crippen LogP contribution in [0.15, 0.2) is 24.4 Å². The Hall–Kier alpha value is -2.71. The van der Waals surface area contributed by atoms with Crippen molar-refractivity contribution in [2.75, 3.05) is 20.2 Å². The standard InChI is InChI=1S/C29H40N4O4/c1-19-21(22-6-5-20(11-23(34)31-4)32-24(22)25(35)36)7-9-33(19)18-28-13-26(2)12-27(3,14-28)16-29(15-26,17-28)37-10-8-30/h5-7,9H,8,10-18,30H2,1-4H3,(H,31,34)(H,35,36). The molecule has 4 N–H and O–H groups in total.